The molecule has 0 spiro atoms. The van der Waals surface area contributed by atoms with Crippen molar-refractivity contribution in [3.8, 4) is 5.75 Å². The summed E-state index contributed by atoms with van der Waals surface area (Å²) in [6.45, 7) is 2.07. The van der Waals surface area contributed by atoms with Crippen molar-refractivity contribution in [2.45, 2.75) is 26.4 Å². The molecule has 2 rings (SSSR count). The van der Waals surface area contributed by atoms with E-state index in [-0.39, 0.29) is 18.1 Å². The predicted molar refractivity (Wildman–Crippen MR) is 76.4 cm³/mol. The first kappa shape index (κ1) is 15.2. The minimum absolute atomic E-state index is 0.0983. The molecule has 110 valence electrons. The van der Waals surface area contributed by atoms with E-state index in [1.165, 1.54) is 0 Å². The van der Waals surface area contributed by atoms with Crippen molar-refractivity contribution in [3.05, 3.63) is 65.2 Å². The second kappa shape index (κ2) is 6.97. The maximum Gasteiger partial charge on any atom is 0.165 e. The van der Waals surface area contributed by atoms with E-state index < -0.39 is 11.6 Å². The normalized spacial score (nSPS) is 10.4. The van der Waals surface area contributed by atoms with Gasteiger partial charge in [-0.05, 0) is 24.1 Å². The van der Waals surface area contributed by atoms with Crippen LogP contribution in [0.5, 0.6) is 5.75 Å². The van der Waals surface area contributed by atoms with Crippen LogP contribution in [0.2, 0.25) is 0 Å². The predicted octanol–water partition coefficient (Wildman–Crippen LogP) is 4.53. The Morgan fingerprint density at radius 3 is 2.48 bits per heavy atom. The third-order valence-electron chi connectivity index (χ3n) is 3.04. The van der Waals surface area contributed by atoms with E-state index >= 15 is 0 Å². The Hall–Kier alpha value is -2.23. The summed E-state index contributed by atoms with van der Waals surface area (Å²) in [6.07, 6.45) is 1.33. The van der Waals surface area contributed by atoms with E-state index in [4.69, 9.17) is 4.74 Å². The van der Waals surface area contributed by atoms with Gasteiger partial charge in [-0.1, -0.05) is 31.2 Å². The van der Waals surface area contributed by atoms with Gasteiger partial charge in [-0.25, -0.2) is 8.78 Å². The lowest BCUT2D eigenvalue weighted by Gasteiger charge is -2.08. The minimum atomic E-state index is -0.605. The fourth-order valence-electron chi connectivity index (χ4n) is 1.91. The molecule has 2 aromatic rings. The number of benzene rings is 2. The molecule has 0 bridgehead atoms. The average Bonchev–Trinajstić information content (AvgIpc) is 2.49. The zero-order valence-corrected chi connectivity index (χ0v) is 11.7. The summed E-state index contributed by atoms with van der Waals surface area (Å²) in [4.78, 5) is 11.7. The van der Waals surface area contributed by atoms with Crippen LogP contribution in [-0.4, -0.2) is 5.78 Å². The van der Waals surface area contributed by atoms with Gasteiger partial charge in [0.15, 0.2) is 17.3 Å². The van der Waals surface area contributed by atoms with Crippen LogP contribution >= 0.6 is 0 Å². The van der Waals surface area contributed by atoms with Crippen LogP contribution in [0, 0.1) is 11.6 Å². The monoisotopic (exact) mass is 290 g/mol. The SMILES string of the molecule is CCCC(=O)c1ccc(COc2cc(F)ccc2F)cc1. The highest BCUT2D eigenvalue weighted by Gasteiger charge is 2.07. The molecule has 0 saturated heterocycles. The van der Waals surface area contributed by atoms with E-state index in [1.807, 2.05) is 6.92 Å². The maximum absolute atomic E-state index is 13.4. The lowest BCUT2D eigenvalue weighted by atomic mass is 10.1. The molecule has 2 aromatic carbocycles. The molecule has 0 aromatic heterocycles. The zero-order chi connectivity index (χ0) is 15.2. The third-order valence-corrected chi connectivity index (χ3v) is 3.04. The quantitative estimate of drug-likeness (QED) is 0.731. The smallest absolute Gasteiger partial charge is 0.165 e. The van der Waals surface area contributed by atoms with E-state index in [2.05, 4.69) is 0 Å². The number of rotatable bonds is 6. The molecular weight excluding hydrogens is 274 g/mol. The van der Waals surface area contributed by atoms with Gasteiger partial charge >= 0.3 is 0 Å². The molecule has 0 saturated carbocycles. The molecule has 0 aliphatic rings. The number of carbonyl (C=O) groups excluding carboxylic acids is 1. The van der Waals surface area contributed by atoms with Crippen LogP contribution in [0.15, 0.2) is 42.5 Å². The van der Waals surface area contributed by atoms with Crippen LogP contribution in [0.1, 0.15) is 35.7 Å². The number of ether oxygens (including phenoxy) is 1. The molecule has 2 nitrogen and oxygen atoms in total. The summed E-state index contributed by atoms with van der Waals surface area (Å²) in [5.41, 5.74) is 1.43. The number of hydrogen-bond acceptors (Lipinski definition) is 2. The first-order valence-electron chi connectivity index (χ1n) is 6.80. The number of hydrogen-bond donors (Lipinski definition) is 0. The molecule has 0 aliphatic heterocycles. The Balaban J connectivity index is 2.00. The van der Waals surface area contributed by atoms with Crippen LogP contribution in [-0.2, 0) is 6.61 Å². The van der Waals surface area contributed by atoms with Gasteiger partial charge in [0.2, 0.25) is 0 Å². The highest BCUT2D eigenvalue weighted by atomic mass is 19.1. The Labute approximate surface area is 122 Å². The van der Waals surface area contributed by atoms with Crippen molar-refractivity contribution in [1.29, 1.82) is 0 Å². The second-order valence-electron chi connectivity index (χ2n) is 4.73. The number of halogens is 2. The Morgan fingerprint density at radius 1 is 1.10 bits per heavy atom. The first-order valence-corrected chi connectivity index (χ1v) is 6.80. The van der Waals surface area contributed by atoms with Gasteiger partial charge in [0.05, 0.1) is 0 Å². The third kappa shape index (κ3) is 4.12. The van der Waals surface area contributed by atoms with Gasteiger partial charge in [-0.3, -0.25) is 4.79 Å². The molecule has 0 radical (unpaired) electrons. The van der Waals surface area contributed by atoms with Gasteiger partial charge < -0.3 is 4.74 Å². The molecule has 0 amide bonds. The van der Waals surface area contributed by atoms with Gasteiger partial charge in [-0.15, -0.1) is 0 Å². The summed E-state index contributed by atoms with van der Waals surface area (Å²) in [5.74, 6) is -1.18. The summed E-state index contributed by atoms with van der Waals surface area (Å²) in [6, 6.07) is 10.0. The van der Waals surface area contributed by atoms with Gasteiger partial charge in [0.1, 0.15) is 12.4 Å². The highest BCUT2D eigenvalue weighted by Crippen LogP contribution is 2.19. The maximum atomic E-state index is 13.4. The first-order chi connectivity index (χ1) is 10.1. The van der Waals surface area contributed by atoms with Crippen molar-refractivity contribution in [2.24, 2.45) is 0 Å². The molecule has 0 unspecified atom stereocenters. The largest absolute Gasteiger partial charge is 0.486 e. The Bertz CT molecular complexity index is 621. The fraction of sp³-hybridized carbons (Fsp3) is 0.235. The van der Waals surface area contributed by atoms with Crippen LogP contribution in [0.3, 0.4) is 0 Å². The summed E-state index contributed by atoms with van der Waals surface area (Å²) in [7, 11) is 0. The van der Waals surface area contributed by atoms with Crippen LogP contribution < -0.4 is 4.74 Å². The standard InChI is InChI=1S/C17H16F2O2/c1-2-3-16(20)13-6-4-12(5-7-13)11-21-17-10-14(18)8-9-15(17)19/h4-10H,2-3,11H2,1H3. The van der Waals surface area contributed by atoms with Gasteiger partial charge in [0.25, 0.3) is 0 Å². The van der Waals surface area contributed by atoms with Gasteiger partial charge in [-0.2, -0.15) is 0 Å². The second-order valence-corrected chi connectivity index (χ2v) is 4.73. The summed E-state index contributed by atoms with van der Waals surface area (Å²) >= 11 is 0. The van der Waals surface area contributed by atoms with Crippen LogP contribution in [0.25, 0.3) is 0 Å². The van der Waals surface area contributed by atoms with Gasteiger partial charge in [0, 0.05) is 18.1 Å². The molecule has 4 heteroatoms. The molecule has 0 fully saturated rings. The number of Topliss-reactive ketones (excluding diaryl/α,β-unsaturated/α-hetero) is 1. The Kier molecular flexibility index (Phi) is 5.04. The lowest BCUT2D eigenvalue weighted by molar-refractivity contribution is 0.0981. The Morgan fingerprint density at radius 2 is 1.81 bits per heavy atom. The average molecular weight is 290 g/mol. The summed E-state index contributed by atoms with van der Waals surface area (Å²) in [5, 5.41) is 0. The fourth-order valence-corrected chi connectivity index (χ4v) is 1.91. The molecule has 0 heterocycles. The molecule has 21 heavy (non-hydrogen) atoms. The van der Waals surface area contributed by atoms with Crippen LogP contribution in [0.4, 0.5) is 8.78 Å². The molecule has 0 atom stereocenters. The van der Waals surface area contributed by atoms with E-state index in [9.17, 15) is 13.6 Å². The van der Waals surface area contributed by atoms with E-state index in [0.717, 1.165) is 30.2 Å². The van der Waals surface area contributed by atoms with Crippen molar-refractivity contribution in [1.82, 2.24) is 0 Å². The van der Waals surface area contributed by atoms with Crippen molar-refractivity contribution in [2.75, 3.05) is 0 Å². The molecule has 0 aliphatic carbocycles. The number of ketones is 1. The van der Waals surface area contributed by atoms with E-state index in [0.29, 0.717) is 12.0 Å². The minimum Gasteiger partial charge on any atom is -0.486 e. The molecular formula is C17H16F2O2. The summed E-state index contributed by atoms with van der Waals surface area (Å²) < 4.78 is 31.6. The highest BCUT2D eigenvalue weighted by molar-refractivity contribution is 5.95. The number of carbonyl (C=O) groups is 1. The molecule has 0 N–H and O–H groups in total. The topological polar surface area (TPSA) is 26.3 Å². The van der Waals surface area contributed by atoms with Crippen molar-refractivity contribution < 1.29 is 18.3 Å². The van der Waals surface area contributed by atoms with Crippen molar-refractivity contribution in [3.63, 3.8) is 0 Å². The van der Waals surface area contributed by atoms with Crippen molar-refractivity contribution >= 4 is 5.78 Å². The van der Waals surface area contributed by atoms with E-state index in [1.54, 1.807) is 24.3 Å². The zero-order valence-electron chi connectivity index (χ0n) is 11.7. The lowest BCUT2D eigenvalue weighted by Crippen LogP contribution is -2.01.